The highest BCUT2D eigenvalue weighted by Gasteiger charge is 2.32. The van der Waals surface area contributed by atoms with E-state index in [9.17, 15) is 5.11 Å². The zero-order valence-corrected chi connectivity index (χ0v) is 12.7. The Morgan fingerprint density at radius 1 is 1.50 bits per heavy atom. The van der Waals surface area contributed by atoms with Gasteiger partial charge >= 0.3 is 0 Å². The number of nitrogens with zero attached hydrogens (tertiary/aromatic N) is 3. The molecule has 1 aliphatic heterocycles. The Balaban J connectivity index is 2.21. The van der Waals surface area contributed by atoms with Gasteiger partial charge in [0.25, 0.3) is 0 Å². The average Bonchev–Trinajstić information content (AvgIpc) is 2.62. The summed E-state index contributed by atoms with van der Waals surface area (Å²) in [4.78, 5) is 8.96. The first-order valence-electron chi connectivity index (χ1n) is 6.20. The fourth-order valence-electron chi connectivity index (χ4n) is 2.46. The molecule has 0 bridgehead atoms. The third kappa shape index (κ3) is 3.02. The van der Waals surface area contributed by atoms with Crippen LogP contribution in [0.4, 0.5) is 5.82 Å². The van der Waals surface area contributed by atoms with Gasteiger partial charge in [0, 0.05) is 23.6 Å². The summed E-state index contributed by atoms with van der Waals surface area (Å²) in [7, 11) is 4.12. The molecule has 0 radical (unpaired) electrons. The minimum Gasteiger partial charge on any atom is -0.391 e. The molecule has 100 valence electrons. The van der Waals surface area contributed by atoms with Crippen molar-refractivity contribution in [3.63, 3.8) is 0 Å². The Bertz CT molecular complexity index is 425. The number of pyridine rings is 1. The molecule has 0 aliphatic carbocycles. The molecule has 1 aromatic heterocycles. The standard InChI is InChI=1S/C13H20BrN3O/c1-9-12(14)4-5-13(15-9)17-8-11(18)6-10(17)7-16(2)3/h4-5,10-11,18H,6-8H2,1-3H3. The van der Waals surface area contributed by atoms with E-state index in [2.05, 4.69) is 44.8 Å². The van der Waals surface area contributed by atoms with Gasteiger partial charge in [-0.15, -0.1) is 0 Å². The second-order valence-electron chi connectivity index (χ2n) is 5.19. The molecular weight excluding hydrogens is 294 g/mol. The SMILES string of the molecule is Cc1nc(N2CC(O)CC2CN(C)C)ccc1Br. The molecular formula is C13H20BrN3O. The number of aliphatic hydroxyl groups is 1. The van der Waals surface area contributed by atoms with Crippen LogP contribution >= 0.6 is 15.9 Å². The molecule has 2 rings (SSSR count). The van der Waals surface area contributed by atoms with Crippen LogP contribution in [0.15, 0.2) is 16.6 Å². The van der Waals surface area contributed by atoms with Gasteiger partial charge in [0.2, 0.25) is 0 Å². The molecule has 1 N–H and O–H groups in total. The Hall–Kier alpha value is -0.650. The predicted octanol–water partition coefficient (Wildman–Crippen LogP) is 1.65. The molecule has 4 nitrogen and oxygen atoms in total. The molecule has 1 fully saturated rings. The molecule has 0 amide bonds. The van der Waals surface area contributed by atoms with Crippen LogP contribution in [0.5, 0.6) is 0 Å². The third-order valence-electron chi connectivity index (χ3n) is 3.27. The summed E-state index contributed by atoms with van der Waals surface area (Å²) in [5.74, 6) is 0.958. The summed E-state index contributed by atoms with van der Waals surface area (Å²) in [6.45, 7) is 3.60. The fraction of sp³-hybridized carbons (Fsp3) is 0.615. The number of hydrogen-bond acceptors (Lipinski definition) is 4. The lowest BCUT2D eigenvalue weighted by Crippen LogP contribution is -2.38. The Morgan fingerprint density at radius 3 is 2.83 bits per heavy atom. The molecule has 0 saturated carbocycles. The Labute approximate surface area is 117 Å². The summed E-state index contributed by atoms with van der Waals surface area (Å²) < 4.78 is 1.02. The van der Waals surface area contributed by atoms with Gasteiger partial charge in [0.05, 0.1) is 11.8 Å². The summed E-state index contributed by atoms with van der Waals surface area (Å²) in [5.41, 5.74) is 0.984. The monoisotopic (exact) mass is 313 g/mol. The van der Waals surface area contributed by atoms with Gasteiger partial charge in [-0.1, -0.05) is 0 Å². The van der Waals surface area contributed by atoms with Gasteiger partial charge in [-0.05, 0) is 55.5 Å². The van der Waals surface area contributed by atoms with Crippen LogP contribution in [0.3, 0.4) is 0 Å². The number of hydrogen-bond donors (Lipinski definition) is 1. The molecule has 0 aromatic carbocycles. The topological polar surface area (TPSA) is 39.6 Å². The summed E-state index contributed by atoms with van der Waals surface area (Å²) in [6, 6.07) is 4.37. The van der Waals surface area contributed by atoms with E-state index in [-0.39, 0.29) is 6.10 Å². The van der Waals surface area contributed by atoms with E-state index in [0.29, 0.717) is 12.6 Å². The van der Waals surface area contributed by atoms with Crippen LogP contribution in [0.1, 0.15) is 12.1 Å². The lowest BCUT2D eigenvalue weighted by molar-refractivity contribution is 0.191. The van der Waals surface area contributed by atoms with Crippen molar-refractivity contribution in [1.29, 1.82) is 0 Å². The zero-order chi connectivity index (χ0) is 13.3. The van der Waals surface area contributed by atoms with Gasteiger partial charge in [0.15, 0.2) is 0 Å². The number of aliphatic hydroxyl groups excluding tert-OH is 1. The number of anilines is 1. The third-order valence-corrected chi connectivity index (χ3v) is 4.11. The normalized spacial score (nSPS) is 24.0. The number of likely N-dealkylation sites (N-methyl/N-ethyl adjacent to an activating group) is 1. The van der Waals surface area contributed by atoms with E-state index in [0.717, 1.165) is 29.0 Å². The number of halogens is 1. The number of aryl methyl sites for hydroxylation is 1. The van der Waals surface area contributed by atoms with Gasteiger partial charge in [0.1, 0.15) is 5.82 Å². The largest absolute Gasteiger partial charge is 0.391 e. The van der Waals surface area contributed by atoms with E-state index < -0.39 is 0 Å². The van der Waals surface area contributed by atoms with Crippen LogP contribution in [-0.2, 0) is 0 Å². The summed E-state index contributed by atoms with van der Waals surface area (Å²) in [5, 5.41) is 9.87. The second kappa shape index (κ2) is 5.55. The van der Waals surface area contributed by atoms with Crippen LogP contribution < -0.4 is 4.90 Å². The van der Waals surface area contributed by atoms with Crippen molar-refractivity contribution in [2.45, 2.75) is 25.5 Å². The average molecular weight is 314 g/mol. The van der Waals surface area contributed by atoms with Crippen molar-refractivity contribution in [3.05, 3.63) is 22.3 Å². The van der Waals surface area contributed by atoms with Gasteiger partial charge in [-0.25, -0.2) is 4.98 Å². The van der Waals surface area contributed by atoms with Gasteiger partial charge in [-0.2, -0.15) is 0 Å². The van der Waals surface area contributed by atoms with E-state index in [1.807, 2.05) is 19.1 Å². The molecule has 5 heteroatoms. The summed E-state index contributed by atoms with van der Waals surface area (Å²) >= 11 is 3.47. The van der Waals surface area contributed by atoms with Crippen LogP contribution in [-0.4, -0.2) is 54.3 Å². The van der Waals surface area contributed by atoms with E-state index in [1.165, 1.54) is 0 Å². The summed E-state index contributed by atoms with van der Waals surface area (Å²) in [6.07, 6.45) is 0.565. The molecule has 1 aliphatic rings. The van der Waals surface area contributed by atoms with Crippen molar-refractivity contribution in [2.75, 3.05) is 32.1 Å². The van der Waals surface area contributed by atoms with E-state index in [1.54, 1.807) is 0 Å². The van der Waals surface area contributed by atoms with Crippen LogP contribution in [0.25, 0.3) is 0 Å². The van der Waals surface area contributed by atoms with Crippen molar-refractivity contribution in [3.8, 4) is 0 Å². The van der Waals surface area contributed by atoms with Gasteiger partial charge < -0.3 is 14.9 Å². The molecule has 1 aromatic rings. The molecule has 2 atom stereocenters. The molecule has 1 saturated heterocycles. The van der Waals surface area contributed by atoms with E-state index >= 15 is 0 Å². The van der Waals surface area contributed by atoms with Crippen LogP contribution in [0.2, 0.25) is 0 Å². The predicted molar refractivity (Wildman–Crippen MR) is 77.0 cm³/mol. The zero-order valence-electron chi connectivity index (χ0n) is 11.1. The van der Waals surface area contributed by atoms with Gasteiger partial charge in [-0.3, -0.25) is 0 Å². The first-order chi connectivity index (χ1) is 8.47. The fourth-order valence-corrected chi connectivity index (χ4v) is 2.68. The van der Waals surface area contributed by atoms with Crippen molar-refractivity contribution < 1.29 is 5.11 Å². The number of β-amino-alcohol motifs (C(OH)–C–C–N with tert-alkyl or cyclic N) is 1. The highest BCUT2D eigenvalue weighted by Crippen LogP contribution is 2.26. The highest BCUT2D eigenvalue weighted by molar-refractivity contribution is 9.10. The Morgan fingerprint density at radius 2 is 2.22 bits per heavy atom. The minimum atomic E-state index is -0.249. The second-order valence-corrected chi connectivity index (χ2v) is 6.05. The maximum Gasteiger partial charge on any atom is 0.129 e. The first kappa shape index (κ1) is 13.8. The van der Waals surface area contributed by atoms with Crippen molar-refractivity contribution in [2.24, 2.45) is 0 Å². The van der Waals surface area contributed by atoms with E-state index in [4.69, 9.17) is 0 Å². The minimum absolute atomic E-state index is 0.249. The maximum absolute atomic E-state index is 9.87. The molecule has 18 heavy (non-hydrogen) atoms. The quantitative estimate of drug-likeness (QED) is 0.921. The number of aromatic nitrogens is 1. The smallest absolute Gasteiger partial charge is 0.129 e. The Kier molecular flexibility index (Phi) is 4.25. The molecule has 2 unspecified atom stereocenters. The lowest BCUT2D eigenvalue weighted by Gasteiger charge is -2.28. The highest BCUT2D eigenvalue weighted by atomic mass is 79.9. The molecule has 2 heterocycles. The lowest BCUT2D eigenvalue weighted by atomic mass is 10.2. The van der Waals surface area contributed by atoms with Crippen molar-refractivity contribution in [1.82, 2.24) is 9.88 Å². The maximum atomic E-state index is 9.87. The van der Waals surface area contributed by atoms with Crippen LogP contribution in [0, 0.1) is 6.92 Å². The molecule has 0 spiro atoms. The van der Waals surface area contributed by atoms with Crippen molar-refractivity contribution >= 4 is 21.7 Å². The first-order valence-corrected chi connectivity index (χ1v) is 6.99. The number of rotatable bonds is 3.